The number of benzene rings is 2. The van der Waals surface area contributed by atoms with Crippen molar-refractivity contribution in [1.82, 2.24) is 4.57 Å². The molecular weight excluding hydrogens is 234 g/mol. The molecule has 0 amide bonds. The van der Waals surface area contributed by atoms with Gasteiger partial charge in [0, 0.05) is 12.4 Å². The van der Waals surface area contributed by atoms with Crippen molar-refractivity contribution in [2.24, 2.45) is 7.05 Å². The van der Waals surface area contributed by atoms with E-state index in [9.17, 15) is 0 Å². The summed E-state index contributed by atoms with van der Waals surface area (Å²) >= 11 is 0. The van der Waals surface area contributed by atoms with Gasteiger partial charge in [-0.15, -0.1) is 0 Å². The first-order valence-corrected chi connectivity index (χ1v) is 6.41. The second-order valence-electron chi connectivity index (χ2n) is 4.75. The van der Waals surface area contributed by atoms with Crippen molar-refractivity contribution in [3.8, 4) is 17.0 Å². The molecule has 3 rings (SSSR count). The highest BCUT2D eigenvalue weighted by molar-refractivity contribution is 5.95. The quantitative estimate of drug-likeness (QED) is 0.667. The summed E-state index contributed by atoms with van der Waals surface area (Å²) in [6.45, 7) is 2.16. The molecule has 0 aliphatic heterocycles. The maximum Gasteiger partial charge on any atom is 0.128 e. The number of nitrogens with zero attached hydrogens (tertiary/aromatic N) is 1. The van der Waals surface area contributed by atoms with Gasteiger partial charge >= 0.3 is 0 Å². The molecule has 19 heavy (non-hydrogen) atoms. The Hall–Kier alpha value is -2.22. The molecule has 2 aromatic carbocycles. The topological polar surface area (TPSA) is 14.2 Å². The Morgan fingerprint density at radius 1 is 0.947 bits per heavy atom. The van der Waals surface area contributed by atoms with Gasteiger partial charge < -0.3 is 9.30 Å². The molecule has 0 radical (unpaired) electrons. The lowest BCUT2D eigenvalue weighted by Gasteiger charge is -2.05. The van der Waals surface area contributed by atoms with Gasteiger partial charge in [-0.2, -0.15) is 0 Å². The van der Waals surface area contributed by atoms with Gasteiger partial charge in [-0.05, 0) is 30.2 Å². The minimum atomic E-state index is 0.938. The van der Waals surface area contributed by atoms with E-state index in [-0.39, 0.29) is 0 Å². The number of fused-ring (bicyclic) bond motifs is 1. The van der Waals surface area contributed by atoms with Crippen molar-refractivity contribution in [3.05, 3.63) is 54.1 Å². The molecular formula is C17H17NO. The molecule has 0 aliphatic rings. The van der Waals surface area contributed by atoms with Gasteiger partial charge in [0.25, 0.3) is 0 Å². The van der Waals surface area contributed by atoms with Crippen molar-refractivity contribution < 1.29 is 4.74 Å². The molecule has 0 atom stereocenters. The van der Waals surface area contributed by atoms with Crippen LogP contribution in [0.5, 0.6) is 5.75 Å². The Balaban J connectivity index is 2.39. The van der Waals surface area contributed by atoms with Crippen molar-refractivity contribution in [1.29, 1.82) is 0 Å². The number of aryl methyl sites for hydroxylation is 2. The minimum absolute atomic E-state index is 0.938. The maximum atomic E-state index is 5.50. The van der Waals surface area contributed by atoms with Crippen LogP contribution in [0.1, 0.15) is 5.56 Å². The second-order valence-corrected chi connectivity index (χ2v) is 4.75. The molecule has 3 aromatic rings. The van der Waals surface area contributed by atoms with E-state index in [0.29, 0.717) is 0 Å². The normalized spacial score (nSPS) is 10.9. The monoisotopic (exact) mass is 251 g/mol. The number of hydrogen-bond acceptors (Lipinski definition) is 1. The molecule has 0 aliphatic carbocycles. The second kappa shape index (κ2) is 4.47. The summed E-state index contributed by atoms with van der Waals surface area (Å²) < 4.78 is 7.74. The van der Waals surface area contributed by atoms with Crippen molar-refractivity contribution >= 4 is 10.9 Å². The molecule has 0 saturated heterocycles. The zero-order valence-electron chi connectivity index (χ0n) is 11.5. The van der Waals surface area contributed by atoms with E-state index in [0.717, 1.165) is 5.75 Å². The zero-order chi connectivity index (χ0) is 13.4. The SMILES string of the molecule is COc1cccc2c1c(C)c(-c1ccccc1)n2C. The summed E-state index contributed by atoms with van der Waals surface area (Å²) in [5.41, 5.74) is 4.96. The smallest absolute Gasteiger partial charge is 0.128 e. The van der Waals surface area contributed by atoms with Crippen LogP contribution in [0.4, 0.5) is 0 Å². The maximum absolute atomic E-state index is 5.50. The first kappa shape index (κ1) is 11.8. The fourth-order valence-electron chi connectivity index (χ4n) is 2.84. The molecule has 0 saturated carbocycles. The van der Waals surface area contributed by atoms with Crippen LogP contribution in [0.15, 0.2) is 48.5 Å². The van der Waals surface area contributed by atoms with Crippen molar-refractivity contribution in [2.75, 3.05) is 7.11 Å². The van der Waals surface area contributed by atoms with Crippen LogP contribution in [0.2, 0.25) is 0 Å². The van der Waals surface area contributed by atoms with E-state index in [1.54, 1.807) is 7.11 Å². The average molecular weight is 251 g/mol. The molecule has 1 aromatic heterocycles. The summed E-state index contributed by atoms with van der Waals surface area (Å²) in [5, 5.41) is 1.20. The van der Waals surface area contributed by atoms with Crippen molar-refractivity contribution in [2.45, 2.75) is 6.92 Å². The Morgan fingerprint density at radius 3 is 2.37 bits per heavy atom. The van der Waals surface area contributed by atoms with Crippen LogP contribution in [-0.4, -0.2) is 11.7 Å². The summed E-state index contributed by atoms with van der Waals surface area (Å²) in [6, 6.07) is 16.7. The molecule has 0 N–H and O–H groups in total. The fourth-order valence-corrected chi connectivity index (χ4v) is 2.84. The highest BCUT2D eigenvalue weighted by Crippen LogP contribution is 2.37. The number of hydrogen-bond donors (Lipinski definition) is 0. The summed E-state index contributed by atoms with van der Waals surface area (Å²) in [4.78, 5) is 0. The molecule has 2 nitrogen and oxygen atoms in total. The standard InChI is InChI=1S/C17H17NO/c1-12-16-14(10-7-11-15(16)19-3)18(2)17(12)13-8-5-4-6-9-13/h4-11H,1-3H3. The first-order valence-electron chi connectivity index (χ1n) is 6.41. The number of ether oxygens (including phenoxy) is 1. The minimum Gasteiger partial charge on any atom is -0.496 e. The fraction of sp³-hybridized carbons (Fsp3) is 0.176. The Labute approximate surface area is 113 Å². The van der Waals surface area contributed by atoms with E-state index >= 15 is 0 Å². The van der Waals surface area contributed by atoms with Gasteiger partial charge in [-0.25, -0.2) is 0 Å². The van der Waals surface area contributed by atoms with Gasteiger partial charge in [-0.3, -0.25) is 0 Å². The largest absolute Gasteiger partial charge is 0.496 e. The Morgan fingerprint density at radius 2 is 1.68 bits per heavy atom. The number of rotatable bonds is 2. The molecule has 1 heterocycles. The Kier molecular flexibility index (Phi) is 2.79. The molecule has 96 valence electrons. The molecule has 0 unspecified atom stereocenters. The molecule has 0 bridgehead atoms. The van der Waals surface area contributed by atoms with Crippen LogP contribution >= 0.6 is 0 Å². The molecule has 0 fully saturated rings. The summed E-state index contributed by atoms with van der Waals surface area (Å²) in [7, 11) is 3.83. The number of methoxy groups -OCH3 is 1. The predicted molar refractivity (Wildman–Crippen MR) is 79.6 cm³/mol. The van der Waals surface area contributed by atoms with Crippen LogP contribution < -0.4 is 4.74 Å². The summed E-state index contributed by atoms with van der Waals surface area (Å²) in [5.74, 6) is 0.938. The first-order chi connectivity index (χ1) is 9.24. The van der Waals surface area contributed by atoms with Gasteiger partial charge in [0.1, 0.15) is 5.75 Å². The third-order valence-corrected chi connectivity index (χ3v) is 3.70. The van der Waals surface area contributed by atoms with E-state index < -0.39 is 0 Å². The van der Waals surface area contributed by atoms with E-state index in [2.05, 4.69) is 48.9 Å². The number of aromatic nitrogens is 1. The van der Waals surface area contributed by atoms with Gasteiger partial charge in [-0.1, -0.05) is 36.4 Å². The van der Waals surface area contributed by atoms with Crippen molar-refractivity contribution in [3.63, 3.8) is 0 Å². The Bertz CT molecular complexity index is 726. The third kappa shape index (κ3) is 1.72. The highest BCUT2D eigenvalue weighted by atomic mass is 16.5. The molecule has 2 heteroatoms. The van der Waals surface area contributed by atoms with Gasteiger partial charge in [0.15, 0.2) is 0 Å². The highest BCUT2D eigenvalue weighted by Gasteiger charge is 2.15. The molecule has 0 spiro atoms. The zero-order valence-corrected chi connectivity index (χ0v) is 11.5. The van der Waals surface area contributed by atoms with Crippen LogP contribution in [0.3, 0.4) is 0 Å². The van der Waals surface area contributed by atoms with Crippen LogP contribution in [0.25, 0.3) is 22.2 Å². The third-order valence-electron chi connectivity index (χ3n) is 3.70. The summed E-state index contributed by atoms with van der Waals surface area (Å²) in [6.07, 6.45) is 0. The van der Waals surface area contributed by atoms with E-state index in [4.69, 9.17) is 4.74 Å². The lowest BCUT2D eigenvalue weighted by Crippen LogP contribution is -1.91. The lowest BCUT2D eigenvalue weighted by molar-refractivity contribution is 0.419. The van der Waals surface area contributed by atoms with E-state index in [1.165, 1.54) is 27.7 Å². The predicted octanol–water partition coefficient (Wildman–Crippen LogP) is 4.16. The van der Waals surface area contributed by atoms with Gasteiger partial charge in [0.2, 0.25) is 0 Å². The van der Waals surface area contributed by atoms with Crippen LogP contribution in [0, 0.1) is 6.92 Å². The van der Waals surface area contributed by atoms with Gasteiger partial charge in [0.05, 0.1) is 18.3 Å². The lowest BCUT2D eigenvalue weighted by atomic mass is 10.1. The average Bonchev–Trinajstić information content (AvgIpc) is 2.72. The van der Waals surface area contributed by atoms with Crippen LogP contribution in [-0.2, 0) is 7.05 Å². The van der Waals surface area contributed by atoms with E-state index in [1.807, 2.05) is 18.2 Å².